The van der Waals surface area contributed by atoms with Crippen LogP contribution >= 0.6 is 11.8 Å². The zero-order chi connectivity index (χ0) is 15.2. The van der Waals surface area contributed by atoms with Crippen LogP contribution in [0.1, 0.15) is 18.7 Å². The highest BCUT2D eigenvalue weighted by Crippen LogP contribution is 2.42. The highest BCUT2D eigenvalue weighted by molar-refractivity contribution is 7.98. The Labute approximate surface area is 124 Å². The van der Waals surface area contributed by atoms with Gasteiger partial charge in [0.15, 0.2) is 0 Å². The lowest BCUT2D eigenvalue weighted by Gasteiger charge is -2.25. The maximum Gasteiger partial charge on any atom is 0.143 e. The van der Waals surface area contributed by atoms with Crippen molar-refractivity contribution in [2.24, 2.45) is 0 Å². The van der Waals surface area contributed by atoms with Gasteiger partial charge in [-0.1, -0.05) is 0 Å². The number of hydrogen-bond donors (Lipinski definition) is 4. The number of aliphatic hydroxyl groups excluding tert-OH is 2. The average molecular weight is 312 g/mol. The van der Waals surface area contributed by atoms with E-state index in [9.17, 15) is 15.3 Å². The summed E-state index contributed by atoms with van der Waals surface area (Å²) in [6, 6.07) is 0. The molecule has 0 unspecified atom stereocenters. The molecule has 0 aromatic carbocycles. The Morgan fingerprint density at radius 3 is 2.81 bits per heavy atom. The zero-order valence-corrected chi connectivity index (χ0v) is 12.3. The first kappa shape index (κ1) is 14.7. The van der Waals surface area contributed by atoms with Gasteiger partial charge in [0, 0.05) is 0 Å². The summed E-state index contributed by atoms with van der Waals surface area (Å²) in [6.07, 6.45) is 0.373. The molecule has 3 rings (SSSR count). The number of nitrogens with one attached hydrogen (secondary N) is 1. The van der Waals surface area contributed by atoms with Crippen molar-refractivity contribution in [3.05, 3.63) is 12.0 Å². The molecule has 1 saturated heterocycles. The molecule has 0 radical (unpaired) electrons. The Hall–Kier alpha value is -1.26. The number of aliphatic hydroxyl groups is 3. The molecule has 4 N–H and O–H groups in total. The second-order valence-corrected chi connectivity index (χ2v) is 5.92. The second kappa shape index (κ2) is 5.18. The number of ether oxygens (including phenoxy) is 1. The Bertz CT molecular complexity index is 662. The largest absolute Gasteiger partial charge is 0.394 e. The molecule has 0 bridgehead atoms. The Kier molecular flexibility index (Phi) is 3.62. The molecule has 0 saturated carbocycles. The minimum Gasteiger partial charge on any atom is -0.394 e. The number of rotatable bonds is 3. The Morgan fingerprint density at radius 2 is 2.19 bits per heavy atom. The number of thioether (sulfide) groups is 1. The van der Waals surface area contributed by atoms with Gasteiger partial charge in [-0.3, -0.25) is 5.10 Å². The molecule has 114 valence electrons. The molecule has 0 spiro atoms. The van der Waals surface area contributed by atoms with E-state index in [4.69, 9.17) is 4.74 Å². The van der Waals surface area contributed by atoms with E-state index < -0.39 is 23.9 Å². The lowest BCUT2D eigenvalue weighted by molar-refractivity contribution is -0.0655. The van der Waals surface area contributed by atoms with Gasteiger partial charge in [0.05, 0.1) is 12.3 Å². The van der Waals surface area contributed by atoms with E-state index >= 15 is 0 Å². The summed E-state index contributed by atoms with van der Waals surface area (Å²) in [4.78, 5) is 8.31. The number of hydrogen-bond acceptors (Lipinski definition) is 8. The predicted molar refractivity (Wildman–Crippen MR) is 74.8 cm³/mol. The molecule has 2 aromatic rings. The molecular formula is C12H16N4O4S. The summed E-state index contributed by atoms with van der Waals surface area (Å²) in [6.45, 7) is 1.08. The van der Waals surface area contributed by atoms with Crippen LogP contribution < -0.4 is 0 Å². The van der Waals surface area contributed by atoms with Crippen molar-refractivity contribution in [1.82, 2.24) is 20.2 Å². The van der Waals surface area contributed by atoms with Crippen molar-refractivity contribution in [1.29, 1.82) is 0 Å². The quantitative estimate of drug-likeness (QED) is 0.446. The molecule has 0 aliphatic carbocycles. The highest BCUT2D eigenvalue weighted by Gasteiger charge is 2.53. The normalized spacial score (nSPS) is 32.9. The van der Waals surface area contributed by atoms with Gasteiger partial charge in [0.2, 0.25) is 0 Å². The fourth-order valence-electron chi connectivity index (χ4n) is 2.58. The van der Waals surface area contributed by atoms with Gasteiger partial charge < -0.3 is 20.1 Å². The van der Waals surface area contributed by atoms with E-state index in [1.54, 1.807) is 0 Å². The third-order valence-electron chi connectivity index (χ3n) is 3.76. The maximum atomic E-state index is 10.5. The molecule has 21 heavy (non-hydrogen) atoms. The van der Waals surface area contributed by atoms with E-state index in [0.717, 1.165) is 0 Å². The third kappa shape index (κ3) is 2.12. The first-order valence-electron chi connectivity index (χ1n) is 6.40. The molecule has 1 aliphatic heterocycles. The molecule has 1 aliphatic rings. The Balaban J connectivity index is 2.09. The molecule has 3 heterocycles. The summed E-state index contributed by atoms with van der Waals surface area (Å²) in [5.41, 5.74) is 0.0200. The van der Waals surface area contributed by atoms with Crippen LogP contribution in [0.4, 0.5) is 0 Å². The lowest BCUT2D eigenvalue weighted by Crippen LogP contribution is -2.43. The SMILES string of the molecule is CSc1ncnc2c([C@@H]3O[C@H](CO)[C@@H](O)[C@@]3(C)O)[nH]nc12. The fraction of sp³-hybridized carbons (Fsp3) is 0.583. The monoisotopic (exact) mass is 312 g/mol. The number of H-pyrrole nitrogens is 1. The summed E-state index contributed by atoms with van der Waals surface area (Å²) in [7, 11) is 0. The molecule has 0 amide bonds. The van der Waals surface area contributed by atoms with Crippen LogP contribution in [0.25, 0.3) is 11.0 Å². The van der Waals surface area contributed by atoms with Gasteiger partial charge in [-0.25, -0.2) is 9.97 Å². The molecule has 2 aromatic heterocycles. The minimum absolute atomic E-state index is 0.384. The van der Waals surface area contributed by atoms with Gasteiger partial charge in [0.1, 0.15) is 46.3 Å². The van der Waals surface area contributed by atoms with Crippen molar-refractivity contribution in [3.8, 4) is 0 Å². The van der Waals surface area contributed by atoms with Crippen LogP contribution in [0.2, 0.25) is 0 Å². The van der Waals surface area contributed by atoms with Crippen LogP contribution in [0.15, 0.2) is 11.4 Å². The topological polar surface area (TPSA) is 124 Å². The molecule has 8 nitrogen and oxygen atoms in total. The summed E-state index contributed by atoms with van der Waals surface area (Å²) in [5, 5.41) is 37.5. The molecule has 4 atom stereocenters. The van der Waals surface area contributed by atoms with Crippen molar-refractivity contribution in [2.45, 2.75) is 35.9 Å². The van der Waals surface area contributed by atoms with Crippen LogP contribution in [0, 0.1) is 0 Å². The van der Waals surface area contributed by atoms with Crippen molar-refractivity contribution in [2.75, 3.05) is 12.9 Å². The van der Waals surface area contributed by atoms with Crippen LogP contribution in [0.3, 0.4) is 0 Å². The number of nitrogens with zero attached hydrogens (tertiary/aromatic N) is 3. The second-order valence-electron chi connectivity index (χ2n) is 5.13. The van der Waals surface area contributed by atoms with E-state index in [0.29, 0.717) is 21.8 Å². The predicted octanol–water partition coefficient (Wildman–Crippen LogP) is -0.381. The minimum atomic E-state index is -1.56. The summed E-state index contributed by atoms with van der Waals surface area (Å²) < 4.78 is 5.58. The maximum absolute atomic E-state index is 10.5. The zero-order valence-electron chi connectivity index (χ0n) is 11.5. The van der Waals surface area contributed by atoms with Gasteiger partial charge in [-0.05, 0) is 13.2 Å². The average Bonchev–Trinajstić information content (AvgIpc) is 2.99. The first-order valence-corrected chi connectivity index (χ1v) is 7.62. The molecular weight excluding hydrogens is 296 g/mol. The number of aromatic nitrogens is 4. The fourth-order valence-corrected chi connectivity index (χ4v) is 3.07. The smallest absolute Gasteiger partial charge is 0.143 e. The molecule has 9 heteroatoms. The van der Waals surface area contributed by atoms with Crippen LogP contribution in [-0.2, 0) is 4.74 Å². The first-order chi connectivity index (χ1) is 10.0. The van der Waals surface area contributed by atoms with Crippen molar-refractivity contribution < 1.29 is 20.1 Å². The lowest BCUT2D eigenvalue weighted by atomic mass is 9.91. The standard InChI is InChI=1S/C12H16N4O4S/c1-12(19)9(18)5(3-17)20-10(12)7-6-8(16-15-7)11(21-2)14-4-13-6/h4-5,9-10,17-19H,3H2,1-2H3,(H,15,16)/t5-,9-,10+,12-/m1/s1. The summed E-state index contributed by atoms with van der Waals surface area (Å²) in [5.74, 6) is 0. The Morgan fingerprint density at radius 1 is 1.43 bits per heavy atom. The third-order valence-corrected chi connectivity index (χ3v) is 4.45. The highest BCUT2D eigenvalue weighted by atomic mass is 32.2. The molecule has 1 fully saturated rings. The van der Waals surface area contributed by atoms with Gasteiger partial charge in [-0.15, -0.1) is 11.8 Å². The van der Waals surface area contributed by atoms with Crippen LogP contribution in [-0.4, -0.2) is 66.2 Å². The van der Waals surface area contributed by atoms with E-state index in [-0.39, 0.29) is 6.61 Å². The van der Waals surface area contributed by atoms with E-state index in [1.807, 2.05) is 6.26 Å². The van der Waals surface area contributed by atoms with Gasteiger partial charge in [-0.2, -0.15) is 5.10 Å². The van der Waals surface area contributed by atoms with E-state index in [2.05, 4.69) is 20.2 Å². The van der Waals surface area contributed by atoms with Gasteiger partial charge in [0.25, 0.3) is 0 Å². The van der Waals surface area contributed by atoms with Crippen LogP contribution in [0.5, 0.6) is 0 Å². The van der Waals surface area contributed by atoms with Gasteiger partial charge >= 0.3 is 0 Å². The number of aromatic amines is 1. The summed E-state index contributed by atoms with van der Waals surface area (Å²) >= 11 is 1.43. The number of fused-ring (bicyclic) bond motifs is 1. The van der Waals surface area contributed by atoms with Crippen molar-refractivity contribution in [3.63, 3.8) is 0 Å². The van der Waals surface area contributed by atoms with Crippen molar-refractivity contribution >= 4 is 22.8 Å². The van der Waals surface area contributed by atoms with E-state index in [1.165, 1.54) is 25.0 Å².